The van der Waals surface area contributed by atoms with E-state index in [2.05, 4.69) is 19.2 Å². The molecule has 0 saturated carbocycles. The minimum absolute atomic E-state index is 0.0585. The summed E-state index contributed by atoms with van der Waals surface area (Å²) in [7, 11) is 0. The molecule has 0 bridgehead atoms. The maximum Gasteiger partial charge on any atom is 0.220 e. The molecule has 0 aliphatic rings. The zero-order valence-electron chi connectivity index (χ0n) is 34.9. The van der Waals surface area contributed by atoms with Crippen molar-refractivity contribution in [2.45, 2.75) is 276 Å². The topological polar surface area (TPSA) is 69.6 Å². The van der Waals surface area contributed by atoms with Gasteiger partial charge in [0.15, 0.2) is 0 Å². The van der Waals surface area contributed by atoms with E-state index in [1.807, 2.05) is 6.08 Å². The SMILES string of the molecule is CCCCCCCCCCCCCCC/C=C/[C@@H](O)[C@H](CO)NC(=O)CCCCCCCCCCCCCCCCCCCCCCCCCC. The molecule has 0 heterocycles. The van der Waals surface area contributed by atoms with E-state index < -0.39 is 12.1 Å². The fourth-order valence-corrected chi connectivity index (χ4v) is 7.42. The van der Waals surface area contributed by atoms with Crippen molar-refractivity contribution in [2.24, 2.45) is 0 Å². The molecule has 0 spiro atoms. The van der Waals surface area contributed by atoms with Crippen LogP contribution in [0.15, 0.2) is 12.2 Å². The Morgan fingerprint density at radius 2 is 0.725 bits per heavy atom. The number of carbonyl (C=O) groups excluding carboxylic acids is 1. The predicted molar refractivity (Wildman–Crippen MR) is 226 cm³/mol. The molecule has 0 radical (unpaired) electrons. The normalized spacial score (nSPS) is 12.9. The first-order valence-electron chi connectivity index (χ1n) is 23.4. The molecule has 51 heavy (non-hydrogen) atoms. The maximum absolute atomic E-state index is 12.4. The van der Waals surface area contributed by atoms with E-state index in [-0.39, 0.29) is 12.5 Å². The van der Waals surface area contributed by atoms with Crippen molar-refractivity contribution in [1.29, 1.82) is 0 Å². The zero-order chi connectivity index (χ0) is 37.1. The highest BCUT2D eigenvalue weighted by atomic mass is 16.3. The summed E-state index contributed by atoms with van der Waals surface area (Å²) in [4.78, 5) is 12.4. The number of hydrogen-bond acceptors (Lipinski definition) is 3. The van der Waals surface area contributed by atoms with Crippen LogP contribution in [0.4, 0.5) is 0 Å². The molecule has 0 rings (SSSR count). The molecular formula is C47H93NO3. The van der Waals surface area contributed by atoms with Gasteiger partial charge in [-0.25, -0.2) is 0 Å². The zero-order valence-corrected chi connectivity index (χ0v) is 34.9. The van der Waals surface area contributed by atoms with E-state index in [0.717, 1.165) is 25.7 Å². The molecule has 0 aliphatic carbocycles. The van der Waals surface area contributed by atoms with Crippen molar-refractivity contribution in [3.05, 3.63) is 12.2 Å². The van der Waals surface area contributed by atoms with Gasteiger partial charge in [0.05, 0.1) is 18.8 Å². The number of carbonyl (C=O) groups is 1. The van der Waals surface area contributed by atoms with Crippen LogP contribution in [-0.4, -0.2) is 34.9 Å². The highest BCUT2D eigenvalue weighted by molar-refractivity contribution is 5.76. The van der Waals surface area contributed by atoms with Gasteiger partial charge in [0.25, 0.3) is 0 Å². The van der Waals surface area contributed by atoms with Crippen molar-refractivity contribution in [1.82, 2.24) is 5.32 Å². The number of amides is 1. The second-order valence-electron chi connectivity index (χ2n) is 16.2. The van der Waals surface area contributed by atoms with Crippen LogP contribution in [0.5, 0.6) is 0 Å². The summed E-state index contributed by atoms with van der Waals surface area (Å²) in [6.45, 7) is 4.33. The lowest BCUT2D eigenvalue weighted by molar-refractivity contribution is -0.123. The lowest BCUT2D eigenvalue weighted by Gasteiger charge is -2.20. The van der Waals surface area contributed by atoms with E-state index in [9.17, 15) is 15.0 Å². The summed E-state index contributed by atoms with van der Waals surface area (Å²) in [5.41, 5.74) is 0. The van der Waals surface area contributed by atoms with Crippen molar-refractivity contribution in [3.8, 4) is 0 Å². The number of rotatable bonds is 43. The van der Waals surface area contributed by atoms with Crippen LogP contribution in [-0.2, 0) is 4.79 Å². The molecule has 0 fully saturated rings. The highest BCUT2D eigenvalue weighted by Gasteiger charge is 2.18. The quantitative estimate of drug-likeness (QED) is 0.0434. The first kappa shape index (κ1) is 50.1. The second-order valence-corrected chi connectivity index (χ2v) is 16.2. The molecule has 2 atom stereocenters. The van der Waals surface area contributed by atoms with Gasteiger partial charge in [-0.05, 0) is 19.3 Å². The third kappa shape index (κ3) is 40.2. The van der Waals surface area contributed by atoms with Crippen molar-refractivity contribution < 1.29 is 15.0 Å². The smallest absolute Gasteiger partial charge is 0.220 e. The number of allylic oxidation sites excluding steroid dienone is 1. The van der Waals surface area contributed by atoms with Gasteiger partial charge in [-0.15, -0.1) is 0 Å². The number of nitrogens with one attached hydrogen (secondary N) is 1. The monoisotopic (exact) mass is 720 g/mol. The molecule has 0 saturated heterocycles. The number of hydrogen-bond donors (Lipinski definition) is 3. The van der Waals surface area contributed by atoms with Gasteiger partial charge < -0.3 is 15.5 Å². The van der Waals surface area contributed by atoms with E-state index in [1.54, 1.807) is 6.08 Å². The first-order chi connectivity index (χ1) is 25.2. The Bertz CT molecular complexity index is 695. The lowest BCUT2D eigenvalue weighted by atomic mass is 10.0. The number of aliphatic hydroxyl groups excluding tert-OH is 2. The third-order valence-electron chi connectivity index (χ3n) is 11.0. The van der Waals surface area contributed by atoms with Crippen molar-refractivity contribution >= 4 is 5.91 Å². The van der Waals surface area contributed by atoms with Gasteiger partial charge >= 0.3 is 0 Å². The molecule has 3 N–H and O–H groups in total. The Hall–Kier alpha value is -0.870. The molecule has 0 aromatic carbocycles. The molecule has 304 valence electrons. The average molecular weight is 720 g/mol. The van der Waals surface area contributed by atoms with Crippen LogP contribution in [0.25, 0.3) is 0 Å². The summed E-state index contributed by atoms with van der Waals surface area (Å²) >= 11 is 0. The first-order valence-corrected chi connectivity index (χ1v) is 23.4. The molecular weight excluding hydrogens is 627 g/mol. The van der Waals surface area contributed by atoms with Crippen molar-refractivity contribution in [2.75, 3.05) is 6.61 Å². The summed E-state index contributed by atoms with van der Waals surface area (Å²) in [5.74, 6) is -0.0585. The highest BCUT2D eigenvalue weighted by Crippen LogP contribution is 2.17. The van der Waals surface area contributed by atoms with E-state index >= 15 is 0 Å². The third-order valence-corrected chi connectivity index (χ3v) is 11.0. The Kier molecular flexibility index (Phi) is 42.8. The molecule has 0 aromatic rings. The second kappa shape index (κ2) is 43.5. The van der Waals surface area contributed by atoms with Gasteiger partial charge in [0, 0.05) is 6.42 Å². The Balaban J connectivity index is 3.47. The number of aliphatic hydroxyl groups is 2. The molecule has 0 aliphatic heterocycles. The molecule has 0 unspecified atom stereocenters. The fourth-order valence-electron chi connectivity index (χ4n) is 7.42. The minimum atomic E-state index is -0.833. The summed E-state index contributed by atoms with van der Waals surface area (Å²) in [6.07, 6.45) is 54.7. The summed E-state index contributed by atoms with van der Waals surface area (Å²) < 4.78 is 0. The van der Waals surface area contributed by atoms with Gasteiger partial charge in [-0.1, -0.05) is 251 Å². The molecule has 1 amide bonds. The largest absolute Gasteiger partial charge is 0.394 e. The summed E-state index contributed by atoms with van der Waals surface area (Å²) in [6, 6.07) is -0.616. The minimum Gasteiger partial charge on any atom is -0.394 e. The van der Waals surface area contributed by atoms with Crippen LogP contribution in [0, 0.1) is 0 Å². The van der Waals surface area contributed by atoms with Crippen LogP contribution in [0.1, 0.15) is 264 Å². The fraction of sp³-hybridized carbons (Fsp3) is 0.936. The molecule has 4 nitrogen and oxygen atoms in total. The summed E-state index contributed by atoms with van der Waals surface area (Å²) in [5, 5.41) is 23.0. The molecule has 0 aromatic heterocycles. The van der Waals surface area contributed by atoms with E-state index in [4.69, 9.17) is 0 Å². The van der Waals surface area contributed by atoms with Crippen LogP contribution in [0.3, 0.4) is 0 Å². The Labute approximate surface area is 320 Å². The standard InChI is InChI=1S/C47H93NO3/c1-3-5-7-9-11-13-15-17-19-20-21-22-23-24-25-26-27-29-31-33-35-37-39-41-43-47(51)48-45(44-49)46(50)42-40-38-36-34-32-30-28-18-16-14-12-10-8-6-4-2/h40,42,45-46,49-50H,3-39,41,43-44H2,1-2H3,(H,48,51)/b42-40+/t45-,46+/m0/s1. The van der Waals surface area contributed by atoms with E-state index in [1.165, 1.54) is 218 Å². The Morgan fingerprint density at radius 1 is 0.451 bits per heavy atom. The number of unbranched alkanes of at least 4 members (excludes halogenated alkanes) is 36. The maximum atomic E-state index is 12.4. The molecule has 4 heteroatoms. The van der Waals surface area contributed by atoms with Crippen molar-refractivity contribution in [3.63, 3.8) is 0 Å². The van der Waals surface area contributed by atoms with Gasteiger partial charge in [0.1, 0.15) is 0 Å². The van der Waals surface area contributed by atoms with Gasteiger partial charge in [0.2, 0.25) is 5.91 Å². The lowest BCUT2D eigenvalue weighted by Crippen LogP contribution is -2.45. The van der Waals surface area contributed by atoms with E-state index in [0.29, 0.717) is 6.42 Å². The van der Waals surface area contributed by atoms with Crippen LogP contribution < -0.4 is 5.32 Å². The van der Waals surface area contributed by atoms with Crippen LogP contribution >= 0.6 is 0 Å². The van der Waals surface area contributed by atoms with Gasteiger partial charge in [-0.3, -0.25) is 4.79 Å². The Morgan fingerprint density at radius 3 is 1.02 bits per heavy atom. The average Bonchev–Trinajstić information content (AvgIpc) is 3.13. The van der Waals surface area contributed by atoms with Gasteiger partial charge in [-0.2, -0.15) is 0 Å². The predicted octanol–water partition coefficient (Wildman–Crippen LogP) is 14.6. The van der Waals surface area contributed by atoms with Crippen LogP contribution in [0.2, 0.25) is 0 Å².